The van der Waals surface area contributed by atoms with Crippen LogP contribution in [0.25, 0.3) is 3.59 Å². The van der Waals surface area contributed by atoms with E-state index in [0.717, 1.165) is 36.8 Å². The molecule has 8 heteroatoms. The number of amides is 1. The number of alkyl halides is 3. The van der Waals surface area contributed by atoms with Crippen LogP contribution in [0, 0.1) is 0 Å². The van der Waals surface area contributed by atoms with Crippen LogP contribution in [-0.4, -0.2) is 38.5 Å². The van der Waals surface area contributed by atoms with Gasteiger partial charge in [-0.25, -0.2) is 0 Å². The Morgan fingerprint density at radius 3 is 1.95 bits per heavy atom. The SMILES string of the molecule is CCC[CH2][Sn]([CH2]CCC)([CH2]CCC)/[C](=C/CCCC(=O)NCc1ccc(OC)cc1OC)c1ccc(C(F)(F)F)cc1. The quantitative estimate of drug-likeness (QED) is 0.118. The van der Waals surface area contributed by atoms with E-state index >= 15 is 0 Å². The van der Waals surface area contributed by atoms with E-state index in [1.54, 1.807) is 32.4 Å². The van der Waals surface area contributed by atoms with E-state index in [1.807, 2.05) is 12.1 Å². The van der Waals surface area contributed by atoms with Crippen LogP contribution in [0.15, 0.2) is 48.5 Å². The van der Waals surface area contributed by atoms with E-state index in [1.165, 1.54) is 48.3 Å². The summed E-state index contributed by atoms with van der Waals surface area (Å²) in [6.07, 6.45) is 6.62. The summed E-state index contributed by atoms with van der Waals surface area (Å²) in [5, 5.41) is 2.99. The number of carbonyl (C=O) groups excluding carboxylic acids is 1. The Balaban J connectivity index is 2.26. The first-order chi connectivity index (χ1) is 20.1. The maximum atomic E-state index is 13.4. The van der Waals surface area contributed by atoms with E-state index in [-0.39, 0.29) is 5.91 Å². The van der Waals surface area contributed by atoms with Crippen LogP contribution >= 0.6 is 0 Å². The van der Waals surface area contributed by atoms with Crippen LogP contribution in [-0.2, 0) is 17.5 Å². The molecule has 4 nitrogen and oxygen atoms in total. The van der Waals surface area contributed by atoms with Crippen molar-refractivity contribution in [3.8, 4) is 11.5 Å². The molecule has 0 aromatic heterocycles. The zero-order valence-electron chi connectivity index (χ0n) is 26.2. The summed E-state index contributed by atoms with van der Waals surface area (Å²) in [4.78, 5) is 12.7. The number of methoxy groups -OCH3 is 2. The molecule has 2 aromatic rings. The normalized spacial score (nSPS) is 12.3. The van der Waals surface area contributed by atoms with Crippen molar-refractivity contribution in [2.75, 3.05) is 14.2 Å². The summed E-state index contributed by atoms with van der Waals surface area (Å²) < 4.78 is 55.8. The van der Waals surface area contributed by atoms with Crippen molar-refractivity contribution in [2.45, 2.75) is 105 Å². The van der Waals surface area contributed by atoms with Gasteiger partial charge in [-0.15, -0.1) is 0 Å². The Morgan fingerprint density at radius 2 is 1.45 bits per heavy atom. The summed E-state index contributed by atoms with van der Waals surface area (Å²) in [6, 6.07) is 11.4. The van der Waals surface area contributed by atoms with Crippen LogP contribution in [0.3, 0.4) is 0 Å². The van der Waals surface area contributed by atoms with Crippen molar-refractivity contribution >= 4 is 27.9 Å². The average Bonchev–Trinajstić information content (AvgIpc) is 2.99. The summed E-state index contributed by atoms with van der Waals surface area (Å²) in [5.41, 5.74) is 1.23. The van der Waals surface area contributed by atoms with Crippen molar-refractivity contribution in [1.82, 2.24) is 5.32 Å². The minimum atomic E-state index is -4.35. The first-order valence-corrected chi connectivity index (χ1v) is 23.0. The number of nitrogens with one attached hydrogen (secondary N) is 1. The number of allylic oxidation sites excluding steroid dienone is 1. The van der Waals surface area contributed by atoms with Crippen molar-refractivity contribution in [2.24, 2.45) is 0 Å². The topological polar surface area (TPSA) is 47.6 Å². The Kier molecular flexibility index (Phi) is 15.9. The summed E-state index contributed by atoms with van der Waals surface area (Å²) >= 11 is -2.97. The molecule has 0 heterocycles. The molecule has 2 rings (SSSR count). The molecule has 0 aliphatic carbocycles. The molecule has 234 valence electrons. The van der Waals surface area contributed by atoms with Crippen LogP contribution in [0.2, 0.25) is 13.3 Å². The monoisotopic (exact) mass is 697 g/mol. The van der Waals surface area contributed by atoms with Gasteiger partial charge in [-0.2, -0.15) is 0 Å². The Labute approximate surface area is 255 Å². The van der Waals surface area contributed by atoms with Gasteiger partial charge in [-0.3, -0.25) is 0 Å². The van der Waals surface area contributed by atoms with Gasteiger partial charge in [0.25, 0.3) is 0 Å². The van der Waals surface area contributed by atoms with Crippen LogP contribution in [0.5, 0.6) is 11.5 Å². The molecule has 0 saturated heterocycles. The van der Waals surface area contributed by atoms with Gasteiger partial charge >= 0.3 is 244 Å². The van der Waals surface area contributed by atoms with Crippen molar-refractivity contribution in [3.05, 3.63) is 65.2 Å². The summed E-state index contributed by atoms with van der Waals surface area (Å²) in [6.45, 7) is 7.02. The molecule has 0 radical (unpaired) electrons. The first-order valence-electron chi connectivity index (χ1n) is 15.5. The number of unbranched alkanes of at least 4 members (excludes halogenated alkanes) is 4. The second-order valence-electron chi connectivity index (χ2n) is 11.1. The Bertz CT molecular complexity index is 1090. The number of ether oxygens (including phenoxy) is 2. The second-order valence-corrected chi connectivity index (χ2v) is 24.3. The number of benzene rings is 2. The zero-order chi connectivity index (χ0) is 31.0. The predicted octanol–water partition coefficient (Wildman–Crippen LogP) is 9.98. The van der Waals surface area contributed by atoms with E-state index < -0.39 is 30.1 Å². The standard InChI is InChI=1S/C22H23F3NO3.3C4H9.Sn/c1-28-19-13-10-17(20(14-19)29-2)15-26-21(27)7-5-3-4-6-16-8-11-18(12-9-16)22(23,24)25;3*1-3-4-2;/h4,8-14H,3,5,7,15H2,1-2H3,(H,26,27);3*1,3-4H2,2H3;. The van der Waals surface area contributed by atoms with Gasteiger partial charge in [-0.1, -0.05) is 0 Å². The van der Waals surface area contributed by atoms with E-state index in [2.05, 4.69) is 32.2 Å². The number of carbonyl (C=O) groups is 1. The van der Waals surface area contributed by atoms with E-state index in [9.17, 15) is 18.0 Å². The fourth-order valence-corrected chi connectivity index (χ4v) is 22.7. The molecule has 0 aliphatic heterocycles. The number of hydrogen-bond donors (Lipinski definition) is 1. The molecular formula is C34H50F3NO3Sn. The third kappa shape index (κ3) is 11.2. The molecule has 0 spiro atoms. The molecule has 2 aromatic carbocycles. The summed E-state index contributed by atoms with van der Waals surface area (Å²) in [5.74, 6) is 1.32. The van der Waals surface area contributed by atoms with Gasteiger partial charge in [0.2, 0.25) is 0 Å². The zero-order valence-corrected chi connectivity index (χ0v) is 29.0. The van der Waals surface area contributed by atoms with Gasteiger partial charge in [0.15, 0.2) is 0 Å². The van der Waals surface area contributed by atoms with Crippen molar-refractivity contribution in [1.29, 1.82) is 0 Å². The van der Waals surface area contributed by atoms with Gasteiger partial charge in [-0.05, 0) is 0 Å². The molecule has 0 saturated carbocycles. The molecule has 0 bridgehead atoms. The molecule has 0 aliphatic rings. The predicted molar refractivity (Wildman–Crippen MR) is 170 cm³/mol. The third-order valence-corrected chi connectivity index (χ3v) is 23.9. The molecule has 0 fully saturated rings. The van der Waals surface area contributed by atoms with Crippen LogP contribution in [0.4, 0.5) is 13.2 Å². The molecule has 42 heavy (non-hydrogen) atoms. The molecular weight excluding hydrogens is 646 g/mol. The van der Waals surface area contributed by atoms with E-state index in [0.29, 0.717) is 30.9 Å². The number of halogens is 3. The van der Waals surface area contributed by atoms with Gasteiger partial charge < -0.3 is 4.74 Å². The van der Waals surface area contributed by atoms with Crippen LogP contribution in [0.1, 0.15) is 95.2 Å². The number of rotatable bonds is 19. The fourth-order valence-electron chi connectivity index (χ4n) is 5.59. The second kappa shape index (κ2) is 18.5. The molecule has 1 N–H and O–H groups in total. The fraction of sp³-hybridized carbons (Fsp3) is 0.559. The van der Waals surface area contributed by atoms with E-state index in [4.69, 9.17) is 9.47 Å². The molecule has 0 atom stereocenters. The average molecular weight is 696 g/mol. The minimum absolute atomic E-state index is 0.0323. The van der Waals surface area contributed by atoms with Crippen molar-refractivity contribution in [3.63, 3.8) is 0 Å². The molecule has 1 amide bonds. The Hall–Kier alpha value is -2.16. The van der Waals surface area contributed by atoms with Gasteiger partial charge in [0, 0.05) is 0 Å². The van der Waals surface area contributed by atoms with Gasteiger partial charge in [0.05, 0.1) is 7.11 Å². The maximum absolute atomic E-state index is 13.4. The Morgan fingerprint density at radius 1 is 0.857 bits per heavy atom. The van der Waals surface area contributed by atoms with Gasteiger partial charge in [0.1, 0.15) is 0 Å². The summed E-state index contributed by atoms with van der Waals surface area (Å²) in [7, 11) is 3.19. The van der Waals surface area contributed by atoms with Crippen LogP contribution < -0.4 is 14.8 Å². The third-order valence-electron chi connectivity index (χ3n) is 8.05. The van der Waals surface area contributed by atoms with Crippen molar-refractivity contribution < 1.29 is 27.4 Å². The molecule has 0 unspecified atom stereocenters. The first kappa shape index (κ1) is 36.0. The number of hydrogen-bond acceptors (Lipinski definition) is 3.